The molecule has 1 amide bonds. The van der Waals surface area contributed by atoms with E-state index in [9.17, 15) is 14.4 Å². The molecule has 0 fully saturated rings. The zero-order chi connectivity index (χ0) is 22.9. The highest BCUT2D eigenvalue weighted by Crippen LogP contribution is 2.32. The van der Waals surface area contributed by atoms with Gasteiger partial charge in [0.15, 0.2) is 0 Å². The van der Waals surface area contributed by atoms with Crippen LogP contribution in [0.2, 0.25) is 0 Å². The maximum atomic E-state index is 12.5. The van der Waals surface area contributed by atoms with Gasteiger partial charge in [0.1, 0.15) is 28.7 Å². The zero-order valence-electron chi connectivity index (χ0n) is 18.3. The van der Waals surface area contributed by atoms with Crippen molar-refractivity contribution in [3.05, 3.63) is 46.3 Å². The first-order valence-electron chi connectivity index (χ1n) is 9.75. The molecule has 1 atom stereocenters. The summed E-state index contributed by atoms with van der Waals surface area (Å²) < 4.78 is 21.3. The Morgan fingerprint density at radius 1 is 1.06 bits per heavy atom. The molecule has 3 rings (SSSR count). The SMILES string of the molecule is COc1ccc2c(c1)c(=O)oc1c(C)c(OC(=O)C(C)NC(=O)OC(C)(C)C)ccc12. The number of hydrogen-bond acceptors (Lipinski definition) is 7. The third kappa shape index (κ3) is 4.79. The van der Waals surface area contributed by atoms with Gasteiger partial charge >= 0.3 is 17.7 Å². The average Bonchev–Trinajstić information content (AvgIpc) is 2.68. The number of fused-ring (bicyclic) bond motifs is 3. The summed E-state index contributed by atoms with van der Waals surface area (Å²) in [5.74, 6) is 0.0976. The van der Waals surface area contributed by atoms with Gasteiger partial charge in [0.25, 0.3) is 0 Å². The van der Waals surface area contributed by atoms with Crippen LogP contribution in [0.5, 0.6) is 11.5 Å². The van der Waals surface area contributed by atoms with E-state index in [1.54, 1.807) is 58.0 Å². The molecule has 0 aliphatic rings. The fourth-order valence-corrected chi connectivity index (χ4v) is 3.07. The van der Waals surface area contributed by atoms with Gasteiger partial charge in [-0.15, -0.1) is 0 Å². The minimum Gasteiger partial charge on any atom is -0.497 e. The number of aryl methyl sites for hydroxylation is 1. The summed E-state index contributed by atoms with van der Waals surface area (Å²) in [5.41, 5.74) is -0.397. The van der Waals surface area contributed by atoms with E-state index in [4.69, 9.17) is 18.6 Å². The van der Waals surface area contributed by atoms with E-state index in [0.29, 0.717) is 33.1 Å². The van der Waals surface area contributed by atoms with Crippen LogP contribution < -0.4 is 20.4 Å². The summed E-state index contributed by atoms with van der Waals surface area (Å²) in [6.07, 6.45) is -0.722. The molecule has 0 radical (unpaired) electrons. The van der Waals surface area contributed by atoms with Crippen LogP contribution in [0, 0.1) is 6.92 Å². The fraction of sp³-hybridized carbons (Fsp3) is 0.348. The van der Waals surface area contributed by atoms with Crippen LogP contribution in [0.15, 0.2) is 39.5 Å². The van der Waals surface area contributed by atoms with E-state index >= 15 is 0 Å². The van der Waals surface area contributed by atoms with Crippen LogP contribution in [0.3, 0.4) is 0 Å². The van der Waals surface area contributed by atoms with Crippen LogP contribution in [0.25, 0.3) is 21.7 Å². The van der Waals surface area contributed by atoms with E-state index in [-0.39, 0.29) is 5.75 Å². The summed E-state index contributed by atoms with van der Waals surface area (Å²) in [6, 6.07) is 7.56. The smallest absolute Gasteiger partial charge is 0.408 e. The van der Waals surface area contributed by atoms with Gasteiger partial charge in [0.2, 0.25) is 0 Å². The molecule has 1 N–H and O–H groups in total. The number of ether oxygens (including phenoxy) is 3. The highest BCUT2D eigenvalue weighted by molar-refractivity contribution is 6.06. The monoisotopic (exact) mass is 427 g/mol. The van der Waals surface area contributed by atoms with Crippen molar-refractivity contribution in [3.63, 3.8) is 0 Å². The van der Waals surface area contributed by atoms with E-state index in [0.717, 1.165) is 0 Å². The lowest BCUT2D eigenvalue weighted by Crippen LogP contribution is -2.43. The Morgan fingerprint density at radius 3 is 2.39 bits per heavy atom. The molecule has 0 spiro atoms. The normalized spacial score (nSPS) is 12.5. The molecule has 0 saturated heterocycles. The Bertz CT molecular complexity index is 1220. The highest BCUT2D eigenvalue weighted by atomic mass is 16.6. The van der Waals surface area contributed by atoms with Crippen molar-refractivity contribution in [1.82, 2.24) is 5.32 Å². The van der Waals surface area contributed by atoms with Crippen molar-refractivity contribution in [3.8, 4) is 11.5 Å². The molecule has 31 heavy (non-hydrogen) atoms. The molecule has 0 saturated carbocycles. The van der Waals surface area contributed by atoms with Crippen LogP contribution in [0.4, 0.5) is 4.79 Å². The standard InChI is InChI=1S/C23H25NO7/c1-12-18(29-20(25)13(2)24-22(27)31-23(3,4)5)10-9-16-15-8-7-14(28-6)11-17(15)21(26)30-19(12)16/h7-11,13H,1-6H3,(H,24,27). The fourth-order valence-electron chi connectivity index (χ4n) is 3.07. The van der Waals surface area contributed by atoms with Gasteiger partial charge in [-0.3, -0.25) is 0 Å². The van der Waals surface area contributed by atoms with Crippen LogP contribution in [-0.2, 0) is 9.53 Å². The van der Waals surface area contributed by atoms with E-state index < -0.39 is 29.3 Å². The van der Waals surface area contributed by atoms with Crippen molar-refractivity contribution in [2.45, 2.75) is 46.3 Å². The summed E-state index contributed by atoms with van der Waals surface area (Å²) in [5, 5.41) is 4.24. The maximum absolute atomic E-state index is 12.5. The molecule has 1 unspecified atom stereocenters. The summed E-state index contributed by atoms with van der Waals surface area (Å²) in [4.78, 5) is 36.8. The number of carbonyl (C=O) groups is 2. The van der Waals surface area contributed by atoms with Gasteiger partial charge in [0.05, 0.1) is 12.5 Å². The third-order valence-corrected chi connectivity index (χ3v) is 4.59. The minimum absolute atomic E-state index is 0.228. The number of esters is 1. The predicted molar refractivity (Wildman–Crippen MR) is 116 cm³/mol. The first-order chi connectivity index (χ1) is 14.5. The maximum Gasteiger partial charge on any atom is 0.408 e. The van der Waals surface area contributed by atoms with Gasteiger partial charge in [-0.2, -0.15) is 0 Å². The van der Waals surface area contributed by atoms with Gasteiger partial charge in [-0.1, -0.05) is 0 Å². The number of rotatable bonds is 4. The Kier molecular flexibility index (Phi) is 5.92. The van der Waals surface area contributed by atoms with Crippen LogP contribution >= 0.6 is 0 Å². The molecule has 164 valence electrons. The van der Waals surface area contributed by atoms with Crippen molar-refractivity contribution in [1.29, 1.82) is 0 Å². The second kappa shape index (κ2) is 8.29. The van der Waals surface area contributed by atoms with Crippen molar-refractivity contribution in [2.75, 3.05) is 7.11 Å². The van der Waals surface area contributed by atoms with Gasteiger partial charge in [-0.25, -0.2) is 14.4 Å². The Hall–Kier alpha value is -3.55. The summed E-state index contributed by atoms with van der Waals surface area (Å²) in [7, 11) is 1.52. The summed E-state index contributed by atoms with van der Waals surface area (Å²) in [6.45, 7) is 8.35. The second-order valence-corrected chi connectivity index (χ2v) is 8.16. The van der Waals surface area contributed by atoms with E-state index in [2.05, 4.69) is 5.32 Å². The second-order valence-electron chi connectivity index (χ2n) is 8.16. The zero-order valence-corrected chi connectivity index (χ0v) is 18.3. The first kappa shape index (κ1) is 22.1. The number of benzene rings is 2. The quantitative estimate of drug-likeness (QED) is 0.289. The Labute approximate surface area is 179 Å². The lowest BCUT2D eigenvalue weighted by molar-refractivity contribution is -0.136. The van der Waals surface area contributed by atoms with Crippen molar-refractivity contribution in [2.24, 2.45) is 0 Å². The molecule has 0 aliphatic carbocycles. The van der Waals surface area contributed by atoms with Crippen LogP contribution in [-0.4, -0.2) is 30.8 Å². The molecule has 2 aromatic carbocycles. The van der Waals surface area contributed by atoms with Crippen molar-refractivity contribution >= 4 is 33.8 Å². The minimum atomic E-state index is -0.943. The molecule has 1 aromatic heterocycles. The lowest BCUT2D eigenvalue weighted by Gasteiger charge is -2.21. The number of hydrogen-bond donors (Lipinski definition) is 1. The number of methoxy groups -OCH3 is 1. The molecule has 0 bridgehead atoms. The largest absolute Gasteiger partial charge is 0.497 e. The summed E-state index contributed by atoms with van der Waals surface area (Å²) >= 11 is 0. The van der Waals surface area contributed by atoms with E-state index in [1.807, 2.05) is 0 Å². The van der Waals surface area contributed by atoms with Gasteiger partial charge in [0, 0.05) is 16.3 Å². The molecule has 3 aromatic rings. The third-order valence-electron chi connectivity index (χ3n) is 4.59. The molecule has 8 heteroatoms. The molecule has 0 aliphatic heterocycles. The van der Waals surface area contributed by atoms with Gasteiger partial charge < -0.3 is 23.9 Å². The molecular formula is C23H25NO7. The molecule has 1 heterocycles. The van der Waals surface area contributed by atoms with Crippen LogP contribution in [0.1, 0.15) is 33.3 Å². The first-order valence-corrected chi connectivity index (χ1v) is 9.75. The topological polar surface area (TPSA) is 104 Å². The molecule has 8 nitrogen and oxygen atoms in total. The Morgan fingerprint density at radius 2 is 1.74 bits per heavy atom. The number of amides is 1. The number of carbonyl (C=O) groups excluding carboxylic acids is 2. The number of alkyl carbamates (subject to hydrolysis) is 1. The van der Waals surface area contributed by atoms with Crippen molar-refractivity contribution < 1.29 is 28.2 Å². The lowest BCUT2D eigenvalue weighted by atomic mass is 10.0. The van der Waals surface area contributed by atoms with E-state index in [1.165, 1.54) is 14.0 Å². The Balaban J connectivity index is 1.89. The number of nitrogens with one attached hydrogen (secondary N) is 1. The van der Waals surface area contributed by atoms with Gasteiger partial charge in [-0.05, 0) is 65.0 Å². The predicted octanol–water partition coefficient (Wildman–Crippen LogP) is 4.08. The molecular weight excluding hydrogens is 402 g/mol. The highest BCUT2D eigenvalue weighted by Gasteiger charge is 2.23. The average molecular weight is 427 g/mol.